The minimum atomic E-state index is -3.42. The third-order valence-electron chi connectivity index (χ3n) is 3.33. The van der Waals surface area contributed by atoms with Gasteiger partial charge >= 0.3 is 0 Å². The van der Waals surface area contributed by atoms with E-state index in [2.05, 4.69) is 0 Å². The molecule has 5 heteroatoms. The summed E-state index contributed by atoms with van der Waals surface area (Å²) in [6.45, 7) is 0.144. The maximum atomic E-state index is 12.3. The van der Waals surface area contributed by atoms with Gasteiger partial charge in [-0.3, -0.25) is 0 Å². The van der Waals surface area contributed by atoms with Crippen molar-refractivity contribution in [2.75, 3.05) is 6.54 Å². The van der Waals surface area contributed by atoms with E-state index in [1.165, 1.54) is 24.3 Å². The number of rotatable bonds is 3. The summed E-state index contributed by atoms with van der Waals surface area (Å²) in [6.07, 6.45) is 2.12. The molecule has 88 valence electrons. The minimum absolute atomic E-state index is 0.0347. The van der Waals surface area contributed by atoms with Crippen LogP contribution in [0.2, 0.25) is 0 Å². The molecule has 1 aromatic rings. The molecule has 2 rings (SSSR count). The first kappa shape index (κ1) is 11.4. The lowest BCUT2D eigenvalue weighted by molar-refractivity contribution is 0.344. The molecular weight excluding hydrogens is 226 g/mol. The Kier molecular flexibility index (Phi) is 2.67. The summed E-state index contributed by atoms with van der Waals surface area (Å²) in [5, 5.41) is 9.31. The average molecular weight is 241 g/mol. The first-order chi connectivity index (χ1) is 7.52. The Hall–Kier alpha value is -1.07. The van der Waals surface area contributed by atoms with Crippen LogP contribution in [-0.2, 0) is 9.84 Å². The van der Waals surface area contributed by atoms with Gasteiger partial charge < -0.3 is 10.8 Å². The van der Waals surface area contributed by atoms with E-state index in [9.17, 15) is 13.5 Å². The quantitative estimate of drug-likeness (QED) is 0.828. The molecule has 1 aromatic carbocycles. The van der Waals surface area contributed by atoms with Crippen LogP contribution >= 0.6 is 0 Å². The van der Waals surface area contributed by atoms with Gasteiger partial charge in [-0.05, 0) is 31.0 Å². The van der Waals surface area contributed by atoms with Crippen LogP contribution in [0.25, 0.3) is 0 Å². The molecule has 0 aromatic heterocycles. The van der Waals surface area contributed by atoms with Crippen molar-refractivity contribution in [3.63, 3.8) is 0 Å². The van der Waals surface area contributed by atoms with Gasteiger partial charge in [0.25, 0.3) is 0 Å². The van der Waals surface area contributed by atoms with E-state index >= 15 is 0 Å². The summed E-state index contributed by atoms with van der Waals surface area (Å²) in [6, 6.07) is 5.77. The number of phenolic OH excluding ortho intramolecular Hbond substituents is 1. The summed E-state index contributed by atoms with van der Waals surface area (Å²) >= 11 is 0. The third-order valence-corrected chi connectivity index (χ3v) is 5.92. The second kappa shape index (κ2) is 3.75. The molecule has 1 aliphatic carbocycles. The molecule has 0 radical (unpaired) electrons. The lowest BCUT2D eigenvalue weighted by Gasteiger charge is -2.39. The number of sulfone groups is 1. The van der Waals surface area contributed by atoms with E-state index < -0.39 is 14.6 Å². The molecular formula is C11H15NO3S. The molecule has 0 aliphatic heterocycles. The monoisotopic (exact) mass is 241 g/mol. The molecule has 1 fully saturated rings. The smallest absolute Gasteiger partial charge is 0.185 e. The molecule has 0 saturated heterocycles. The molecule has 0 spiro atoms. The van der Waals surface area contributed by atoms with Gasteiger partial charge in [-0.2, -0.15) is 0 Å². The summed E-state index contributed by atoms with van der Waals surface area (Å²) in [4.78, 5) is 0.164. The van der Waals surface area contributed by atoms with Crippen molar-refractivity contribution in [2.45, 2.75) is 28.9 Å². The zero-order valence-electron chi connectivity index (χ0n) is 8.89. The number of benzene rings is 1. The van der Waals surface area contributed by atoms with E-state index in [1.54, 1.807) is 0 Å². The van der Waals surface area contributed by atoms with Crippen LogP contribution in [0.5, 0.6) is 5.75 Å². The van der Waals surface area contributed by atoms with Crippen LogP contribution in [0.4, 0.5) is 0 Å². The minimum Gasteiger partial charge on any atom is -0.508 e. The Balaban J connectivity index is 2.47. The highest BCUT2D eigenvalue weighted by Gasteiger charge is 2.48. The van der Waals surface area contributed by atoms with Gasteiger partial charge in [0.1, 0.15) is 5.75 Å². The van der Waals surface area contributed by atoms with Crippen molar-refractivity contribution in [3.8, 4) is 5.75 Å². The van der Waals surface area contributed by atoms with Crippen molar-refractivity contribution < 1.29 is 13.5 Å². The highest BCUT2D eigenvalue weighted by Crippen LogP contribution is 2.42. The number of phenols is 1. The van der Waals surface area contributed by atoms with Gasteiger partial charge in [0.05, 0.1) is 9.64 Å². The molecule has 1 saturated carbocycles. The average Bonchev–Trinajstić information content (AvgIpc) is 2.16. The van der Waals surface area contributed by atoms with Crippen LogP contribution in [0.15, 0.2) is 29.2 Å². The van der Waals surface area contributed by atoms with Gasteiger partial charge in [0, 0.05) is 6.54 Å². The van der Waals surface area contributed by atoms with E-state index in [4.69, 9.17) is 5.73 Å². The standard InChI is InChI=1S/C11H15NO3S/c12-8-11(5-2-6-11)16(14,15)10-4-1-3-9(13)7-10/h1,3-4,7,13H,2,5-6,8,12H2. The van der Waals surface area contributed by atoms with Gasteiger partial charge in [0.15, 0.2) is 9.84 Å². The Morgan fingerprint density at radius 2 is 2.06 bits per heavy atom. The van der Waals surface area contributed by atoms with E-state index in [0.29, 0.717) is 12.8 Å². The van der Waals surface area contributed by atoms with Gasteiger partial charge in [-0.25, -0.2) is 8.42 Å². The third kappa shape index (κ3) is 1.51. The number of nitrogens with two attached hydrogens (primary N) is 1. The molecule has 0 bridgehead atoms. The number of aromatic hydroxyl groups is 1. The van der Waals surface area contributed by atoms with Crippen LogP contribution < -0.4 is 5.73 Å². The Labute approximate surface area is 95.0 Å². The van der Waals surface area contributed by atoms with Crippen molar-refractivity contribution in [1.29, 1.82) is 0 Å². The molecule has 0 atom stereocenters. The highest BCUT2D eigenvalue weighted by atomic mass is 32.2. The second-order valence-electron chi connectivity index (χ2n) is 4.24. The van der Waals surface area contributed by atoms with E-state index in [-0.39, 0.29) is 17.2 Å². The summed E-state index contributed by atoms with van der Waals surface area (Å²) in [5.41, 5.74) is 5.59. The predicted octanol–water partition coefficient (Wildman–Crippen LogP) is 1.05. The SMILES string of the molecule is NCC1(S(=O)(=O)c2cccc(O)c2)CCC1. The van der Waals surface area contributed by atoms with Crippen LogP contribution in [-0.4, -0.2) is 24.8 Å². The second-order valence-corrected chi connectivity index (χ2v) is 6.59. The largest absolute Gasteiger partial charge is 0.508 e. The fourth-order valence-corrected chi connectivity index (χ4v) is 4.13. The highest BCUT2D eigenvalue weighted by molar-refractivity contribution is 7.93. The van der Waals surface area contributed by atoms with E-state index in [0.717, 1.165) is 6.42 Å². The molecule has 1 aliphatic rings. The molecule has 4 nitrogen and oxygen atoms in total. The Morgan fingerprint density at radius 3 is 2.50 bits per heavy atom. The lowest BCUT2D eigenvalue weighted by atomic mass is 9.84. The maximum absolute atomic E-state index is 12.3. The number of hydrogen-bond donors (Lipinski definition) is 2. The van der Waals surface area contributed by atoms with E-state index in [1.807, 2.05) is 0 Å². The van der Waals surface area contributed by atoms with Gasteiger partial charge in [-0.15, -0.1) is 0 Å². The zero-order chi connectivity index (χ0) is 11.8. The maximum Gasteiger partial charge on any atom is 0.185 e. The molecule has 3 N–H and O–H groups in total. The van der Waals surface area contributed by atoms with Crippen molar-refractivity contribution in [2.24, 2.45) is 5.73 Å². The Bertz CT molecular complexity index is 486. The first-order valence-corrected chi connectivity index (χ1v) is 6.74. The topological polar surface area (TPSA) is 80.4 Å². The Morgan fingerprint density at radius 1 is 1.38 bits per heavy atom. The summed E-state index contributed by atoms with van der Waals surface area (Å²) < 4.78 is 23.9. The van der Waals surface area contributed by atoms with Crippen LogP contribution in [0.1, 0.15) is 19.3 Å². The van der Waals surface area contributed by atoms with Gasteiger partial charge in [0.2, 0.25) is 0 Å². The molecule has 0 heterocycles. The van der Waals surface area contributed by atoms with Gasteiger partial charge in [-0.1, -0.05) is 12.5 Å². The fourth-order valence-electron chi connectivity index (χ4n) is 2.05. The van der Waals surface area contributed by atoms with Crippen molar-refractivity contribution >= 4 is 9.84 Å². The fraction of sp³-hybridized carbons (Fsp3) is 0.455. The molecule has 0 unspecified atom stereocenters. The van der Waals surface area contributed by atoms with Crippen molar-refractivity contribution in [3.05, 3.63) is 24.3 Å². The summed E-state index contributed by atoms with van der Waals surface area (Å²) in [5.74, 6) is -0.0347. The lowest BCUT2D eigenvalue weighted by Crippen LogP contribution is -2.51. The van der Waals surface area contributed by atoms with Crippen LogP contribution in [0, 0.1) is 0 Å². The zero-order valence-corrected chi connectivity index (χ0v) is 9.70. The molecule has 16 heavy (non-hydrogen) atoms. The normalized spacial score (nSPS) is 19.1. The predicted molar refractivity (Wildman–Crippen MR) is 60.9 cm³/mol. The van der Waals surface area contributed by atoms with Crippen molar-refractivity contribution in [1.82, 2.24) is 0 Å². The van der Waals surface area contributed by atoms with Crippen LogP contribution in [0.3, 0.4) is 0 Å². The summed E-state index contributed by atoms with van der Waals surface area (Å²) in [7, 11) is -3.42. The first-order valence-electron chi connectivity index (χ1n) is 5.26. The number of hydrogen-bond acceptors (Lipinski definition) is 4. The molecule has 0 amide bonds.